The van der Waals surface area contributed by atoms with E-state index in [-0.39, 0.29) is 11.8 Å². The SMILES string of the molecule is CN(CCCN(C)CCCN(C)C(=O)c1ccc(N)cc1)CCCN(C)C(=O)c1ccc(N)cc1. The van der Waals surface area contributed by atoms with Crippen LogP contribution in [0, 0.1) is 0 Å². The van der Waals surface area contributed by atoms with Crippen molar-refractivity contribution < 1.29 is 9.59 Å². The summed E-state index contributed by atoms with van der Waals surface area (Å²) in [7, 11) is 7.93. The number of anilines is 2. The van der Waals surface area contributed by atoms with Crippen molar-refractivity contribution in [2.75, 3.05) is 78.9 Å². The topological polar surface area (TPSA) is 99.1 Å². The molecule has 0 saturated heterocycles. The zero-order valence-electron chi connectivity index (χ0n) is 21.7. The summed E-state index contributed by atoms with van der Waals surface area (Å²) < 4.78 is 0. The van der Waals surface area contributed by atoms with Crippen LogP contribution < -0.4 is 11.5 Å². The molecule has 192 valence electrons. The average molecular weight is 483 g/mol. The molecule has 2 amide bonds. The molecular formula is C27H42N6O2. The first-order valence-corrected chi connectivity index (χ1v) is 12.3. The molecule has 8 heteroatoms. The summed E-state index contributed by atoms with van der Waals surface area (Å²) in [5.74, 6) is 0.0465. The van der Waals surface area contributed by atoms with Crippen molar-refractivity contribution in [3.8, 4) is 0 Å². The number of carbonyl (C=O) groups is 2. The van der Waals surface area contributed by atoms with E-state index in [4.69, 9.17) is 11.5 Å². The Bertz CT molecular complexity index is 841. The summed E-state index contributed by atoms with van der Waals surface area (Å²) in [5.41, 5.74) is 14.0. The van der Waals surface area contributed by atoms with Gasteiger partial charge >= 0.3 is 0 Å². The van der Waals surface area contributed by atoms with E-state index in [2.05, 4.69) is 23.9 Å². The van der Waals surface area contributed by atoms with Gasteiger partial charge < -0.3 is 31.1 Å². The first-order valence-electron chi connectivity index (χ1n) is 12.3. The number of hydrogen-bond donors (Lipinski definition) is 2. The maximum Gasteiger partial charge on any atom is 0.253 e. The van der Waals surface area contributed by atoms with Crippen molar-refractivity contribution in [3.05, 3.63) is 59.7 Å². The predicted molar refractivity (Wildman–Crippen MR) is 144 cm³/mol. The van der Waals surface area contributed by atoms with Crippen molar-refractivity contribution in [2.45, 2.75) is 19.3 Å². The van der Waals surface area contributed by atoms with E-state index in [1.165, 1.54) is 0 Å². The lowest BCUT2D eigenvalue weighted by atomic mass is 10.2. The van der Waals surface area contributed by atoms with Crippen LogP contribution in [0.15, 0.2) is 48.5 Å². The minimum atomic E-state index is 0.0232. The third kappa shape index (κ3) is 9.96. The normalized spacial score (nSPS) is 11.1. The standard InChI is InChI=1S/C27H42N6O2/c1-30(18-6-20-32(3)26(34)22-8-12-24(28)13-9-22)16-5-17-31(2)19-7-21-33(4)27(35)23-10-14-25(29)15-11-23/h8-15H,5-7,16-21,28-29H2,1-4H3. The Hall–Kier alpha value is -3.10. The van der Waals surface area contributed by atoms with Gasteiger partial charge in [-0.3, -0.25) is 9.59 Å². The van der Waals surface area contributed by atoms with Crippen LogP contribution in [0.4, 0.5) is 11.4 Å². The second-order valence-electron chi connectivity index (χ2n) is 9.36. The van der Waals surface area contributed by atoms with Gasteiger partial charge in [0.2, 0.25) is 0 Å². The van der Waals surface area contributed by atoms with Crippen molar-refractivity contribution >= 4 is 23.2 Å². The Morgan fingerprint density at radius 2 is 0.829 bits per heavy atom. The van der Waals surface area contributed by atoms with Crippen molar-refractivity contribution in [2.24, 2.45) is 0 Å². The maximum absolute atomic E-state index is 12.5. The minimum absolute atomic E-state index is 0.0232. The van der Waals surface area contributed by atoms with Gasteiger partial charge in [-0.05, 0) is 108 Å². The van der Waals surface area contributed by atoms with Crippen LogP contribution in [-0.4, -0.2) is 98.9 Å². The van der Waals surface area contributed by atoms with E-state index in [0.29, 0.717) is 22.5 Å². The van der Waals surface area contributed by atoms with Crippen LogP contribution in [0.25, 0.3) is 0 Å². The molecule has 2 aromatic carbocycles. The summed E-state index contributed by atoms with van der Waals surface area (Å²) >= 11 is 0. The number of carbonyl (C=O) groups excluding carboxylic acids is 2. The lowest BCUT2D eigenvalue weighted by Gasteiger charge is -2.23. The molecule has 35 heavy (non-hydrogen) atoms. The summed E-state index contributed by atoms with van der Waals surface area (Å²) in [5, 5.41) is 0. The van der Waals surface area contributed by atoms with E-state index in [9.17, 15) is 9.59 Å². The zero-order chi connectivity index (χ0) is 25.8. The van der Waals surface area contributed by atoms with Gasteiger partial charge in [-0.1, -0.05) is 0 Å². The second kappa shape index (κ2) is 14.3. The minimum Gasteiger partial charge on any atom is -0.399 e. The predicted octanol–water partition coefficient (Wildman–Crippen LogP) is 2.73. The smallest absolute Gasteiger partial charge is 0.253 e. The van der Waals surface area contributed by atoms with Crippen LogP contribution in [0.3, 0.4) is 0 Å². The average Bonchev–Trinajstić information content (AvgIpc) is 2.84. The van der Waals surface area contributed by atoms with Crippen LogP contribution in [0.5, 0.6) is 0 Å². The third-order valence-electron chi connectivity index (χ3n) is 6.16. The molecule has 0 fully saturated rings. The van der Waals surface area contributed by atoms with E-state index in [0.717, 1.165) is 58.5 Å². The fraction of sp³-hybridized carbons (Fsp3) is 0.481. The van der Waals surface area contributed by atoms with Gasteiger partial charge in [0, 0.05) is 49.7 Å². The molecule has 0 unspecified atom stereocenters. The molecular weight excluding hydrogens is 440 g/mol. The van der Waals surface area contributed by atoms with Crippen molar-refractivity contribution in [1.82, 2.24) is 19.6 Å². The summed E-state index contributed by atoms with van der Waals surface area (Å²) in [6.07, 6.45) is 2.93. The molecule has 2 rings (SSSR count). The highest BCUT2D eigenvalue weighted by atomic mass is 16.2. The van der Waals surface area contributed by atoms with Crippen LogP contribution in [-0.2, 0) is 0 Å². The summed E-state index contributed by atoms with van der Waals surface area (Å²) in [4.78, 5) is 33.1. The Morgan fingerprint density at radius 3 is 1.14 bits per heavy atom. The monoisotopic (exact) mass is 482 g/mol. The second-order valence-corrected chi connectivity index (χ2v) is 9.36. The Labute approximate surface area is 210 Å². The van der Waals surface area contributed by atoms with Gasteiger partial charge in [0.1, 0.15) is 0 Å². The van der Waals surface area contributed by atoms with Crippen molar-refractivity contribution in [3.63, 3.8) is 0 Å². The van der Waals surface area contributed by atoms with E-state index in [1.807, 2.05) is 14.1 Å². The molecule has 0 bridgehead atoms. The molecule has 2 aromatic rings. The zero-order valence-corrected chi connectivity index (χ0v) is 21.7. The quantitative estimate of drug-likeness (QED) is 0.402. The molecule has 0 spiro atoms. The lowest BCUT2D eigenvalue weighted by Crippen LogP contribution is -2.32. The van der Waals surface area contributed by atoms with Gasteiger partial charge in [-0.2, -0.15) is 0 Å². The largest absolute Gasteiger partial charge is 0.399 e. The number of rotatable bonds is 14. The molecule has 0 saturated carbocycles. The highest BCUT2D eigenvalue weighted by Crippen LogP contribution is 2.09. The number of nitrogen functional groups attached to an aromatic ring is 2. The molecule has 0 aliphatic heterocycles. The van der Waals surface area contributed by atoms with E-state index < -0.39 is 0 Å². The summed E-state index contributed by atoms with van der Waals surface area (Å²) in [6.45, 7) is 5.35. The van der Waals surface area contributed by atoms with Gasteiger partial charge in [0.15, 0.2) is 0 Å². The van der Waals surface area contributed by atoms with Crippen LogP contribution in [0.1, 0.15) is 40.0 Å². The number of nitrogens with two attached hydrogens (primary N) is 2. The van der Waals surface area contributed by atoms with Gasteiger partial charge in [0.25, 0.3) is 11.8 Å². The number of benzene rings is 2. The van der Waals surface area contributed by atoms with Gasteiger partial charge in [-0.15, -0.1) is 0 Å². The third-order valence-corrected chi connectivity index (χ3v) is 6.16. The number of hydrogen-bond acceptors (Lipinski definition) is 6. The molecule has 0 radical (unpaired) electrons. The van der Waals surface area contributed by atoms with E-state index >= 15 is 0 Å². The Morgan fingerprint density at radius 1 is 0.543 bits per heavy atom. The number of amides is 2. The molecule has 8 nitrogen and oxygen atoms in total. The maximum atomic E-state index is 12.5. The van der Waals surface area contributed by atoms with Crippen LogP contribution in [0.2, 0.25) is 0 Å². The first-order chi connectivity index (χ1) is 16.7. The highest BCUT2D eigenvalue weighted by molar-refractivity contribution is 5.94. The Balaban J connectivity index is 1.55. The van der Waals surface area contributed by atoms with Gasteiger partial charge in [0.05, 0.1) is 0 Å². The van der Waals surface area contributed by atoms with E-state index in [1.54, 1.807) is 58.3 Å². The van der Waals surface area contributed by atoms with Crippen LogP contribution >= 0.6 is 0 Å². The fourth-order valence-electron chi connectivity index (χ4n) is 3.89. The molecule has 0 heterocycles. The molecule has 0 aliphatic carbocycles. The first kappa shape index (κ1) is 28.1. The lowest BCUT2D eigenvalue weighted by molar-refractivity contribution is 0.0783. The molecule has 0 atom stereocenters. The molecule has 0 aliphatic rings. The number of nitrogens with zero attached hydrogens (tertiary/aromatic N) is 4. The fourth-order valence-corrected chi connectivity index (χ4v) is 3.89. The molecule has 4 N–H and O–H groups in total. The molecule has 0 aromatic heterocycles. The van der Waals surface area contributed by atoms with Crippen molar-refractivity contribution in [1.29, 1.82) is 0 Å². The summed E-state index contributed by atoms with van der Waals surface area (Å²) in [6, 6.07) is 14.1. The highest BCUT2D eigenvalue weighted by Gasteiger charge is 2.13. The Kier molecular flexibility index (Phi) is 11.5. The van der Waals surface area contributed by atoms with Gasteiger partial charge in [-0.25, -0.2) is 0 Å².